The Kier molecular flexibility index (Phi) is 5.45. The predicted octanol–water partition coefficient (Wildman–Crippen LogP) is 3.01. The highest BCUT2D eigenvalue weighted by molar-refractivity contribution is 6.00. The highest BCUT2D eigenvalue weighted by Crippen LogP contribution is 2.36. The zero-order valence-corrected chi connectivity index (χ0v) is 14.7. The SMILES string of the molecule is CCOC(=O)[C@@H]1[C@@H](c2ccc(F)cc2)CC(=O)N1C(=O)OC(C)(C)C. The van der Waals surface area contributed by atoms with Gasteiger partial charge in [0.05, 0.1) is 6.61 Å². The number of amides is 2. The first-order chi connectivity index (χ1) is 11.6. The normalized spacial score (nSPS) is 20.5. The molecule has 0 spiro atoms. The number of nitrogens with zero attached hydrogens (tertiary/aromatic N) is 1. The Morgan fingerprint density at radius 2 is 1.84 bits per heavy atom. The molecule has 2 atom stereocenters. The predicted molar refractivity (Wildman–Crippen MR) is 87.3 cm³/mol. The molecule has 1 heterocycles. The van der Waals surface area contributed by atoms with E-state index in [1.165, 1.54) is 24.3 Å². The number of carbonyl (C=O) groups excluding carboxylic acids is 3. The molecule has 7 heteroatoms. The summed E-state index contributed by atoms with van der Waals surface area (Å²) in [5, 5.41) is 0. The van der Waals surface area contributed by atoms with Crippen molar-refractivity contribution in [3.63, 3.8) is 0 Å². The lowest BCUT2D eigenvalue weighted by molar-refractivity contribution is -0.151. The molecule has 1 aliphatic rings. The number of likely N-dealkylation sites (tertiary alicyclic amines) is 1. The molecule has 2 rings (SSSR count). The van der Waals surface area contributed by atoms with Gasteiger partial charge in [0.1, 0.15) is 17.5 Å². The van der Waals surface area contributed by atoms with Crippen LogP contribution in [0.25, 0.3) is 0 Å². The Balaban J connectivity index is 2.37. The van der Waals surface area contributed by atoms with Crippen LogP contribution in [0.2, 0.25) is 0 Å². The summed E-state index contributed by atoms with van der Waals surface area (Å²) in [6.07, 6.45) is -0.950. The molecule has 1 aliphatic heterocycles. The molecule has 136 valence electrons. The van der Waals surface area contributed by atoms with Gasteiger partial charge in [0.15, 0.2) is 0 Å². The van der Waals surface area contributed by atoms with Crippen LogP contribution in [-0.2, 0) is 19.1 Å². The van der Waals surface area contributed by atoms with E-state index in [0.717, 1.165) is 4.90 Å². The highest BCUT2D eigenvalue weighted by atomic mass is 19.1. The Bertz CT molecular complexity index is 665. The summed E-state index contributed by atoms with van der Waals surface area (Å²) in [5.74, 6) is -2.25. The second-order valence-electron chi connectivity index (χ2n) is 6.80. The summed E-state index contributed by atoms with van der Waals surface area (Å²) >= 11 is 0. The Labute approximate surface area is 145 Å². The van der Waals surface area contributed by atoms with Crippen LogP contribution in [0.5, 0.6) is 0 Å². The first kappa shape index (κ1) is 18.9. The van der Waals surface area contributed by atoms with Gasteiger partial charge in [-0.1, -0.05) is 12.1 Å². The smallest absolute Gasteiger partial charge is 0.417 e. The molecule has 0 radical (unpaired) electrons. The quantitative estimate of drug-likeness (QED) is 0.783. The van der Waals surface area contributed by atoms with E-state index in [-0.39, 0.29) is 13.0 Å². The molecule has 0 unspecified atom stereocenters. The van der Waals surface area contributed by atoms with E-state index in [2.05, 4.69) is 0 Å². The fraction of sp³-hybridized carbons (Fsp3) is 0.500. The maximum atomic E-state index is 13.2. The molecular formula is C18H22FNO5. The van der Waals surface area contributed by atoms with Crippen LogP contribution < -0.4 is 0 Å². The van der Waals surface area contributed by atoms with E-state index < -0.39 is 41.3 Å². The summed E-state index contributed by atoms with van der Waals surface area (Å²) < 4.78 is 23.5. The maximum absolute atomic E-state index is 13.2. The Morgan fingerprint density at radius 3 is 2.36 bits per heavy atom. The lowest BCUT2D eigenvalue weighted by atomic mass is 9.91. The average Bonchev–Trinajstić information content (AvgIpc) is 2.84. The fourth-order valence-electron chi connectivity index (χ4n) is 2.77. The van der Waals surface area contributed by atoms with Crippen molar-refractivity contribution in [2.24, 2.45) is 0 Å². The molecule has 0 bridgehead atoms. The van der Waals surface area contributed by atoms with Gasteiger partial charge in [0.25, 0.3) is 0 Å². The van der Waals surface area contributed by atoms with E-state index in [1.54, 1.807) is 27.7 Å². The summed E-state index contributed by atoms with van der Waals surface area (Å²) in [6, 6.07) is 4.36. The highest BCUT2D eigenvalue weighted by Gasteiger charge is 2.50. The number of hydrogen-bond acceptors (Lipinski definition) is 5. The molecule has 2 amide bonds. The monoisotopic (exact) mass is 351 g/mol. The van der Waals surface area contributed by atoms with Crippen molar-refractivity contribution >= 4 is 18.0 Å². The molecule has 0 N–H and O–H groups in total. The van der Waals surface area contributed by atoms with E-state index >= 15 is 0 Å². The van der Waals surface area contributed by atoms with E-state index in [0.29, 0.717) is 5.56 Å². The van der Waals surface area contributed by atoms with Gasteiger partial charge in [-0.2, -0.15) is 0 Å². The lowest BCUT2D eigenvalue weighted by Gasteiger charge is -2.28. The number of rotatable bonds is 3. The molecule has 1 saturated heterocycles. The van der Waals surface area contributed by atoms with Gasteiger partial charge in [-0.25, -0.2) is 18.9 Å². The van der Waals surface area contributed by atoms with Crippen molar-refractivity contribution in [3.8, 4) is 0 Å². The topological polar surface area (TPSA) is 72.9 Å². The van der Waals surface area contributed by atoms with Crippen LogP contribution in [-0.4, -0.2) is 41.1 Å². The summed E-state index contributed by atoms with van der Waals surface area (Å²) in [6.45, 7) is 6.76. The van der Waals surface area contributed by atoms with Gasteiger partial charge < -0.3 is 9.47 Å². The Morgan fingerprint density at radius 1 is 1.24 bits per heavy atom. The number of ether oxygens (including phenoxy) is 2. The second kappa shape index (κ2) is 7.21. The minimum atomic E-state index is -1.13. The largest absolute Gasteiger partial charge is 0.464 e. The summed E-state index contributed by atoms with van der Waals surface area (Å²) in [4.78, 5) is 38.1. The minimum Gasteiger partial charge on any atom is -0.464 e. The van der Waals surface area contributed by atoms with Crippen LogP contribution in [0, 0.1) is 5.82 Å². The molecule has 6 nitrogen and oxygen atoms in total. The van der Waals surface area contributed by atoms with Crippen LogP contribution in [0.3, 0.4) is 0 Å². The summed E-state index contributed by atoms with van der Waals surface area (Å²) in [5.41, 5.74) is -0.233. The first-order valence-corrected chi connectivity index (χ1v) is 8.11. The van der Waals surface area contributed by atoms with Crippen molar-refractivity contribution in [2.45, 2.75) is 51.7 Å². The van der Waals surface area contributed by atoms with Crippen molar-refractivity contribution < 1.29 is 28.2 Å². The third-order valence-electron chi connectivity index (χ3n) is 3.74. The molecule has 1 aromatic carbocycles. The van der Waals surface area contributed by atoms with Gasteiger partial charge in [-0.15, -0.1) is 0 Å². The van der Waals surface area contributed by atoms with E-state index in [1.807, 2.05) is 0 Å². The molecule has 0 saturated carbocycles. The first-order valence-electron chi connectivity index (χ1n) is 8.11. The zero-order chi connectivity index (χ0) is 18.8. The number of hydrogen-bond donors (Lipinski definition) is 0. The van der Waals surface area contributed by atoms with Crippen molar-refractivity contribution in [3.05, 3.63) is 35.6 Å². The Hall–Kier alpha value is -2.44. The van der Waals surface area contributed by atoms with E-state index in [4.69, 9.17) is 9.47 Å². The number of esters is 1. The van der Waals surface area contributed by atoms with Crippen LogP contribution in [0.1, 0.15) is 45.6 Å². The zero-order valence-electron chi connectivity index (χ0n) is 14.7. The third kappa shape index (κ3) is 4.35. The molecular weight excluding hydrogens is 329 g/mol. The molecule has 0 aliphatic carbocycles. The lowest BCUT2D eigenvalue weighted by Crippen LogP contribution is -2.47. The molecule has 25 heavy (non-hydrogen) atoms. The average molecular weight is 351 g/mol. The van der Waals surface area contributed by atoms with Gasteiger partial charge in [-0.3, -0.25) is 4.79 Å². The van der Waals surface area contributed by atoms with Crippen LogP contribution >= 0.6 is 0 Å². The second-order valence-corrected chi connectivity index (χ2v) is 6.80. The van der Waals surface area contributed by atoms with Crippen molar-refractivity contribution in [1.29, 1.82) is 0 Å². The van der Waals surface area contributed by atoms with Crippen molar-refractivity contribution in [1.82, 2.24) is 4.90 Å². The number of halogens is 1. The van der Waals surface area contributed by atoms with Gasteiger partial charge >= 0.3 is 12.1 Å². The number of benzene rings is 1. The summed E-state index contributed by atoms with van der Waals surface area (Å²) in [7, 11) is 0. The van der Waals surface area contributed by atoms with Gasteiger partial charge in [-0.05, 0) is 45.4 Å². The fourth-order valence-corrected chi connectivity index (χ4v) is 2.77. The standard InChI is InChI=1S/C18H22FNO5/c1-5-24-16(22)15-13(11-6-8-12(19)9-7-11)10-14(21)20(15)17(23)25-18(2,3)4/h6-9,13,15H,5,10H2,1-4H3/t13-,15+/m1/s1. The van der Waals surface area contributed by atoms with Crippen LogP contribution in [0.15, 0.2) is 24.3 Å². The number of imide groups is 1. The van der Waals surface area contributed by atoms with Gasteiger partial charge in [0, 0.05) is 12.3 Å². The number of carbonyl (C=O) groups is 3. The van der Waals surface area contributed by atoms with E-state index in [9.17, 15) is 18.8 Å². The van der Waals surface area contributed by atoms with Crippen LogP contribution in [0.4, 0.5) is 9.18 Å². The van der Waals surface area contributed by atoms with Gasteiger partial charge in [0.2, 0.25) is 5.91 Å². The minimum absolute atomic E-state index is 0.0612. The molecule has 1 fully saturated rings. The third-order valence-corrected chi connectivity index (χ3v) is 3.74. The van der Waals surface area contributed by atoms with Crippen molar-refractivity contribution in [2.75, 3.05) is 6.61 Å². The molecule has 1 aromatic rings. The molecule has 0 aromatic heterocycles. The maximum Gasteiger partial charge on any atom is 0.417 e.